The Morgan fingerprint density at radius 2 is 2.33 bits per heavy atom. The van der Waals surface area contributed by atoms with Gasteiger partial charge in [-0.15, -0.1) is 0 Å². The highest BCUT2D eigenvalue weighted by Gasteiger charge is 2.21. The van der Waals surface area contributed by atoms with Gasteiger partial charge in [0, 0.05) is 0 Å². The van der Waals surface area contributed by atoms with Crippen LogP contribution in [0.15, 0.2) is 16.8 Å². The van der Waals surface area contributed by atoms with Crippen molar-refractivity contribution in [3.63, 3.8) is 0 Å². The Kier molecular flexibility index (Phi) is 2.47. The van der Waals surface area contributed by atoms with Gasteiger partial charge in [-0.1, -0.05) is 6.42 Å². The van der Waals surface area contributed by atoms with Gasteiger partial charge in [0.2, 0.25) is 0 Å². The maximum absolute atomic E-state index is 9.48. The molecule has 1 saturated carbocycles. The van der Waals surface area contributed by atoms with Crippen molar-refractivity contribution in [1.29, 1.82) is 0 Å². The van der Waals surface area contributed by atoms with Crippen LogP contribution in [-0.4, -0.2) is 11.2 Å². The summed E-state index contributed by atoms with van der Waals surface area (Å²) in [4.78, 5) is 0. The number of hydrogen-bond donors (Lipinski definition) is 1. The first-order chi connectivity index (χ1) is 5.86. The molecule has 1 aromatic heterocycles. The first kappa shape index (κ1) is 8.27. The van der Waals surface area contributed by atoms with Gasteiger partial charge < -0.3 is 5.11 Å². The van der Waals surface area contributed by atoms with Crippen molar-refractivity contribution in [1.82, 2.24) is 0 Å². The first-order valence-corrected chi connectivity index (χ1v) is 5.50. The highest BCUT2D eigenvalue weighted by molar-refractivity contribution is 7.07. The zero-order valence-corrected chi connectivity index (χ0v) is 7.89. The lowest BCUT2D eigenvalue weighted by atomic mass is 9.84. The largest absolute Gasteiger partial charge is 0.393 e. The van der Waals surface area contributed by atoms with Crippen molar-refractivity contribution in [3.8, 4) is 0 Å². The molecule has 2 heteroatoms. The Hall–Kier alpha value is -0.340. The zero-order chi connectivity index (χ0) is 8.39. The van der Waals surface area contributed by atoms with Crippen LogP contribution in [0.1, 0.15) is 37.2 Å². The highest BCUT2D eigenvalue weighted by atomic mass is 32.1. The van der Waals surface area contributed by atoms with Crippen molar-refractivity contribution >= 4 is 11.3 Å². The smallest absolute Gasteiger partial charge is 0.0546 e. The minimum atomic E-state index is -0.0522. The van der Waals surface area contributed by atoms with Gasteiger partial charge in [0.25, 0.3) is 0 Å². The summed E-state index contributed by atoms with van der Waals surface area (Å²) in [5.41, 5.74) is 1.43. The van der Waals surface area contributed by atoms with E-state index in [-0.39, 0.29) is 6.10 Å². The predicted molar refractivity (Wildman–Crippen MR) is 51.5 cm³/mol. The Balaban J connectivity index is 2.04. The molecule has 12 heavy (non-hydrogen) atoms. The number of aliphatic hydroxyl groups excluding tert-OH is 1. The average molecular weight is 182 g/mol. The Labute approximate surface area is 77.0 Å². The van der Waals surface area contributed by atoms with Crippen LogP contribution in [0.5, 0.6) is 0 Å². The average Bonchev–Trinajstić information content (AvgIpc) is 2.56. The quantitative estimate of drug-likeness (QED) is 0.708. The van der Waals surface area contributed by atoms with Gasteiger partial charge in [-0.3, -0.25) is 0 Å². The van der Waals surface area contributed by atoms with Gasteiger partial charge in [0.05, 0.1) is 6.10 Å². The molecule has 0 radical (unpaired) electrons. The molecule has 66 valence electrons. The van der Waals surface area contributed by atoms with Gasteiger partial charge in [-0.05, 0) is 47.6 Å². The lowest BCUT2D eigenvalue weighted by Gasteiger charge is -2.25. The second-order valence-corrected chi connectivity index (χ2v) is 4.35. The molecule has 0 aliphatic heterocycles. The van der Waals surface area contributed by atoms with Gasteiger partial charge in [-0.2, -0.15) is 11.3 Å². The summed E-state index contributed by atoms with van der Waals surface area (Å²) in [6.45, 7) is 0. The minimum absolute atomic E-state index is 0.0522. The van der Waals surface area contributed by atoms with Crippen LogP contribution in [0.3, 0.4) is 0 Å². The summed E-state index contributed by atoms with van der Waals surface area (Å²) < 4.78 is 0. The molecule has 2 rings (SSSR count). The molecule has 1 heterocycles. The van der Waals surface area contributed by atoms with E-state index in [1.165, 1.54) is 18.4 Å². The summed E-state index contributed by atoms with van der Waals surface area (Å²) >= 11 is 1.75. The predicted octanol–water partition coefficient (Wildman–Crippen LogP) is 2.77. The number of rotatable bonds is 1. The standard InChI is InChI=1S/C10H14OS/c11-10-3-1-2-8(6-10)9-4-5-12-7-9/h4-5,7-8,10-11H,1-3,6H2. The molecule has 1 aliphatic rings. The fourth-order valence-electron chi connectivity index (χ4n) is 1.97. The maximum atomic E-state index is 9.48. The molecule has 1 fully saturated rings. The fourth-order valence-corrected chi connectivity index (χ4v) is 2.72. The van der Waals surface area contributed by atoms with Gasteiger partial charge in [0.15, 0.2) is 0 Å². The van der Waals surface area contributed by atoms with Gasteiger partial charge >= 0.3 is 0 Å². The van der Waals surface area contributed by atoms with Crippen LogP contribution in [0.2, 0.25) is 0 Å². The van der Waals surface area contributed by atoms with Crippen LogP contribution in [-0.2, 0) is 0 Å². The second kappa shape index (κ2) is 3.58. The van der Waals surface area contributed by atoms with Crippen molar-refractivity contribution in [2.24, 2.45) is 0 Å². The van der Waals surface area contributed by atoms with Gasteiger partial charge in [0.1, 0.15) is 0 Å². The molecule has 0 bridgehead atoms. The Bertz CT molecular complexity index is 230. The molecular formula is C10H14OS. The minimum Gasteiger partial charge on any atom is -0.393 e. The number of aliphatic hydroxyl groups is 1. The van der Waals surface area contributed by atoms with Crippen LogP contribution >= 0.6 is 11.3 Å². The fraction of sp³-hybridized carbons (Fsp3) is 0.600. The van der Waals surface area contributed by atoms with E-state index in [9.17, 15) is 5.11 Å². The zero-order valence-electron chi connectivity index (χ0n) is 7.07. The van der Waals surface area contributed by atoms with E-state index in [0.717, 1.165) is 12.8 Å². The Morgan fingerprint density at radius 3 is 3.00 bits per heavy atom. The molecule has 0 amide bonds. The topological polar surface area (TPSA) is 20.2 Å². The molecule has 1 N–H and O–H groups in total. The molecule has 2 unspecified atom stereocenters. The molecular weight excluding hydrogens is 168 g/mol. The highest BCUT2D eigenvalue weighted by Crippen LogP contribution is 2.33. The van der Waals surface area contributed by atoms with E-state index in [1.807, 2.05) is 0 Å². The maximum Gasteiger partial charge on any atom is 0.0546 e. The van der Waals surface area contributed by atoms with Crippen molar-refractivity contribution in [2.45, 2.75) is 37.7 Å². The second-order valence-electron chi connectivity index (χ2n) is 3.57. The third kappa shape index (κ3) is 1.70. The number of hydrogen-bond acceptors (Lipinski definition) is 2. The van der Waals surface area contributed by atoms with E-state index < -0.39 is 0 Å². The summed E-state index contributed by atoms with van der Waals surface area (Å²) in [7, 11) is 0. The summed E-state index contributed by atoms with van der Waals surface area (Å²) in [6.07, 6.45) is 4.36. The summed E-state index contributed by atoms with van der Waals surface area (Å²) in [5.74, 6) is 0.625. The van der Waals surface area contributed by atoms with E-state index in [1.54, 1.807) is 11.3 Å². The molecule has 0 saturated heterocycles. The molecule has 0 aromatic carbocycles. The Morgan fingerprint density at radius 1 is 1.42 bits per heavy atom. The van der Waals surface area contributed by atoms with E-state index in [2.05, 4.69) is 16.8 Å². The molecule has 0 spiro atoms. The SMILES string of the molecule is OC1CCCC(c2ccsc2)C1. The van der Waals surface area contributed by atoms with E-state index in [4.69, 9.17) is 0 Å². The van der Waals surface area contributed by atoms with Crippen molar-refractivity contribution in [2.75, 3.05) is 0 Å². The van der Waals surface area contributed by atoms with Crippen molar-refractivity contribution < 1.29 is 5.11 Å². The molecule has 1 aromatic rings. The molecule has 2 atom stereocenters. The molecule has 1 nitrogen and oxygen atoms in total. The normalized spacial score (nSPS) is 30.4. The lowest BCUT2D eigenvalue weighted by Crippen LogP contribution is -2.17. The van der Waals surface area contributed by atoms with E-state index in [0.29, 0.717) is 5.92 Å². The van der Waals surface area contributed by atoms with Crippen LogP contribution in [0.4, 0.5) is 0 Å². The lowest BCUT2D eigenvalue weighted by molar-refractivity contribution is 0.119. The van der Waals surface area contributed by atoms with Crippen molar-refractivity contribution in [3.05, 3.63) is 22.4 Å². The summed E-state index contributed by atoms with van der Waals surface area (Å²) in [6, 6.07) is 2.19. The van der Waals surface area contributed by atoms with Gasteiger partial charge in [-0.25, -0.2) is 0 Å². The summed E-state index contributed by atoms with van der Waals surface area (Å²) in [5, 5.41) is 13.8. The van der Waals surface area contributed by atoms with E-state index >= 15 is 0 Å². The van der Waals surface area contributed by atoms with Crippen LogP contribution < -0.4 is 0 Å². The monoisotopic (exact) mass is 182 g/mol. The number of thiophene rings is 1. The molecule has 1 aliphatic carbocycles. The third-order valence-electron chi connectivity index (χ3n) is 2.66. The third-order valence-corrected chi connectivity index (χ3v) is 3.36. The van der Waals surface area contributed by atoms with Crippen LogP contribution in [0, 0.1) is 0 Å². The first-order valence-electron chi connectivity index (χ1n) is 4.56. The van der Waals surface area contributed by atoms with Crippen LogP contribution in [0.25, 0.3) is 0 Å².